The van der Waals surface area contributed by atoms with Crippen LogP contribution >= 0.6 is 0 Å². The number of rotatable bonds is 7. The number of amides is 1. The third-order valence-electron chi connectivity index (χ3n) is 2.49. The molecule has 1 atom stereocenters. The van der Waals surface area contributed by atoms with Crippen LogP contribution < -0.4 is 10.8 Å². The molecule has 0 aliphatic heterocycles. The molecule has 0 unspecified atom stereocenters. The summed E-state index contributed by atoms with van der Waals surface area (Å²) in [5.74, 6) is -2.29. The molecule has 0 heterocycles. The van der Waals surface area contributed by atoms with Gasteiger partial charge in [-0.3, -0.25) is 9.59 Å². The molecule has 0 aliphatic carbocycles. The maximum atomic E-state index is 11.8. The summed E-state index contributed by atoms with van der Waals surface area (Å²) in [5.41, 5.74) is 2.56. The molecule has 1 rings (SSSR count). The summed E-state index contributed by atoms with van der Waals surface area (Å²) in [5, 5.41) is 11.4. The van der Waals surface area contributed by atoms with Gasteiger partial charge in [-0.05, 0) is 18.6 Å². The Morgan fingerprint density at radius 2 is 1.90 bits per heavy atom. The van der Waals surface area contributed by atoms with E-state index < -0.39 is 23.9 Å². The molecule has 0 aromatic heterocycles. The number of benzene rings is 1. The first-order chi connectivity index (χ1) is 9.54. The van der Waals surface area contributed by atoms with Crippen molar-refractivity contribution >= 4 is 55.6 Å². The molecular formula is C13H18CaN2O5. The summed E-state index contributed by atoms with van der Waals surface area (Å²) in [7, 11) is 1.42. The minimum Gasteiger partial charge on any atom is -1.00 e. The van der Waals surface area contributed by atoms with E-state index in [4.69, 9.17) is 5.11 Å². The Bertz CT molecular complexity index is 491. The van der Waals surface area contributed by atoms with Gasteiger partial charge in [-0.25, -0.2) is 4.79 Å². The van der Waals surface area contributed by atoms with Crippen molar-refractivity contribution in [2.45, 2.75) is 18.9 Å². The molecule has 1 aromatic rings. The van der Waals surface area contributed by atoms with Crippen LogP contribution in [-0.4, -0.2) is 73.8 Å². The van der Waals surface area contributed by atoms with Crippen molar-refractivity contribution < 1.29 is 27.2 Å². The van der Waals surface area contributed by atoms with Crippen molar-refractivity contribution in [2.75, 3.05) is 7.05 Å². The van der Waals surface area contributed by atoms with Gasteiger partial charge in [0.2, 0.25) is 0 Å². The average molecular weight is 322 g/mol. The summed E-state index contributed by atoms with van der Waals surface area (Å²) in [6, 6.07) is 7.10. The third-order valence-corrected chi connectivity index (χ3v) is 2.49. The average Bonchev–Trinajstić information content (AvgIpc) is 2.44. The molecule has 1 amide bonds. The van der Waals surface area contributed by atoms with Crippen LogP contribution in [0.3, 0.4) is 0 Å². The number of hydrogen-bond donors (Lipinski definition) is 3. The molecule has 8 heteroatoms. The molecule has 7 nitrogen and oxygen atoms in total. The molecule has 0 aliphatic rings. The van der Waals surface area contributed by atoms with Gasteiger partial charge in [0.25, 0.3) is 5.91 Å². The molecule has 112 valence electrons. The first-order valence-electron chi connectivity index (χ1n) is 5.99. The number of carbonyl (C=O) groups excluding carboxylic acids is 2. The van der Waals surface area contributed by atoms with Crippen molar-refractivity contribution in [3.63, 3.8) is 0 Å². The summed E-state index contributed by atoms with van der Waals surface area (Å²) in [6.45, 7) is 0. The van der Waals surface area contributed by atoms with E-state index in [-0.39, 0.29) is 53.4 Å². The van der Waals surface area contributed by atoms with Gasteiger partial charge in [-0.1, -0.05) is 18.2 Å². The molecule has 1 aromatic carbocycles. The van der Waals surface area contributed by atoms with Gasteiger partial charge in [-0.15, -0.1) is 0 Å². The fraction of sp³-hybridized carbons (Fsp3) is 0.308. The van der Waals surface area contributed by atoms with E-state index in [9.17, 15) is 14.4 Å². The first-order valence-corrected chi connectivity index (χ1v) is 5.99. The fourth-order valence-electron chi connectivity index (χ4n) is 1.52. The maximum Gasteiger partial charge on any atom is 2.00 e. The first kappa shape index (κ1) is 19.8. The van der Waals surface area contributed by atoms with Crippen molar-refractivity contribution in [1.29, 1.82) is 0 Å². The summed E-state index contributed by atoms with van der Waals surface area (Å²) >= 11 is 0. The standard InChI is InChI=1S/C13H16N2O5.Ca.2H/c1-14-20-11(16)8-7-10(13(18)19)15-12(17)9-5-3-2-4-6-9;;;/h2-6,10,14H,7-8H2,1H3,(H,15,17)(H,18,19);;;/q;+2;2*-1/t10-;;;/m0.../s1. The van der Waals surface area contributed by atoms with Crippen molar-refractivity contribution in [1.82, 2.24) is 10.8 Å². The van der Waals surface area contributed by atoms with E-state index in [0.29, 0.717) is 5.56 Å². The molecule has 0 saturated carbocycles. The Kier molecular flexibility index (Phi) is 9.98. The van der Waals surface area contributed by atoms with E-state index >= 15 is 0 Å². The summed E-state index contributed by atoms with van der Waals surface area (Å²) in [6.07, 6.45) is -0.165. The Labute approximate surface area is 155 Å². The topological polar surface area (TPSA) is 105 Å². The van der Waals surface area contributed by atoms with Crippen LogP contribution in [0.4, 0.5) is 0 Å². The molecule has 0 saturated heterocycles. The number of hydrogen-bond acceptors (Lipinski definition) is 5. The van der Waals surface area contributed by atoms with E-state index in [1.807, 2.05) is 0 Å². The van der Waals surface area contributed by atoms with Crippen LogP contribution in [0.1, 0.15) is 26.1 Å². The van der Waals surface area contributed by atoms with E-state index in [2.05, 4.69) is 15.6 Å². The fourth-order valence-corrected chi connectivity index (χ4v) is 1.52. The second kappa shape index (κ2) is 10.6. The maximum absolute atomic E-state index is 11.8. The molecule has 0 fully saturated rings. The Balaban J connectivity index is -0.00000133. The minimum atomic E-state index is -1.20. The van der Waals surface area contributed by atoms with Crippen LogP contribution in [0.25, 0.3) is 0 Å². The van der Waals surface area contributed by atoms with Crippen LogP contribution in [-0.2, 0) is 14.4 Å². The third kappa shape index (κ3) is 7.42. The zero-order chi connectivity index (χ0) is 15.0. The SMILES string of the molecule is CNOC(=O)CC[C@H](NC(=O)c1ccccc1)C(=O)O.[Ca+2].[H-].[H-]. The van der Waals surface area contributed by atoms with Crippen LogP contribution in [0, 0.1) is 0 Å². The second-order valence-corrected chi connectivity index (χ2v) is 3.95. The monoisotopic (exact) mass is 322 g/mol. The zero-order valence-electron chi connectivity index (χ0n) is 13.7. The number of carbonyl (C=O) groups is 3. The van der Waals surface area contributed by atoms with Gasteiger partial charge in [0.05, 0.1) is 0 Å². The normalized spacial score (nSPS) is 10.9. The van der Waals surface area contributed by atoms with Gasteiger partial charge >= 0.3 is 49.7 Å². The number of aliphatic carboxylic acids is 1. The summed E-state index contributed by atoms with van der Waals surface area (Å²) < 4.78 is 0. The predicted molar refractivity (Wildman–Crippen MR) is 77.7 cm³/mol. The van der Waals surface area contributed by atoms with E-state index in [1.54, 1.807) is 30.3 Å². The van der Waals surface area contributed by atoms with Gasteiger partial charge in [0.1, 0.15) is 6.04 Å². The number of carboxylic acid groups (broad SMARTS) is 1. The molecule has 21 heavy (non-hydrogen) atoms. The number of hydroxylamine groups is 1. The van der Waals surface area contributed by atoms with Crippen LogP contribution in [0.2, 0.25) is 0 Å². The Morgan fingerprint density at radius 1 is 1.29 bits per heavy atom. The van der Waals surface area contributed by atoms with Gasteiger partial charge < -0.3 is 18.1 Å². The minimum absolute atomic E-state index is 0. The largest absolute Gasteiger partial charge is 2.00 e. The number of nitrogens with one attached hydrogen (secondary N) is 2. The predicted octanol–water partition coefficient (Wildman–Crippen LogP) is 0.172. The Hall–Kier alpha value is -1.15. The van der Waals surface area contributed by atoms with Crippen molar-refractivity contribution in [2.24, 2.45) is 0 Å². The molecule has 0 spiro atoms. The second-order valence-electron chi connectivity index (χ2n) is 3.95. The van der Waals surface area contributed by atoms with Gasteiger partial charge in [0.15, 0.2) is 0 Å². The van der Waals surface area contributed by atoms with Crippen LogP contribution in [0.5, 0.6) is 0 Å². The van der Waals surface area contributed by atoms with Gasteiger partial charge in [0, 0.05) is 19.0 Å². The molecule has 3 N–H and O–H groups in total. The molecule has 0 bridgehead atoms. The van der Waals surface area contributed by atoms with E-state index in [1.165, 1.54) is 7.05 Å². The quantitative estimate of drug-likeness (QED) is 0.488. The molecule has 0 radical (unpaired) electrons. The van der Waals surface area contributed by atoms with Gasteiger partial charge in [-0.2, -0.15) is 5.48 Å². The zero-order valence-corrected chi connectivity index (χ0v) is 13.9. The Morgan fingerprint density at radius 3 is 2.43 bits per heavy atom. The van der Waals surface area contributed by atoms with E-state index in [0.717, 1.165) is 0 Å². The summed E-state index contributed by atoms with van der Waals surface area (Å²) in [4.78, 5) is 38.5. The number of carboxylic acids is 1. The smallest absolute Gasteiger partial charge is 1.00 e. The van der Waals surface area contributed by atoms with Crippen molar-refractivity contribution in [3.05, 3.63) is 35.9 Å². The molecular weight excluding hydrogens is 304 g/mol. The van der Waals surface area contributed by atoms with Crippen LogP contribution in [0.15, 0.2) is 30.3 Å². The van der Waals surface area contributed by atoms with Crippen molar-refractivity contribution in [3.8, 4) is 0 Å².